The molecule has 0 saturated heterocycles. The monoisotopic (exact) mass is 333 g/mol. The second-order valence-electron chi connectivity index (χ2n) is 5.72. The van der Waals surface area contributed by atoms with E-state index in [1.807, 2.05) is 37.3 Å². The van der Waals surface area contributed by atoms with Crippen molar-refractivity contribution in [3.8, 4) is 0 Å². The molecule has 0 atom stereocenters. The molecule has 0 bridgehead atoms. The Hall–Kier alpha value is -3.07. The lowest BCUT2D eigenvalue weighted by molar-refractivity contribution is 0.627. The molecular formula is C22H17F2N. The van der Waals surface area contributed by atoms with Gasteiger partial charge in [0, 0.05) is 17.3 Å². The van der Waals surface area contributed by atoms with Crippen molar-refractivity contribution in [3.05, 3.63) is 113 Å². The van der Waals surface area contributed by atoms with Gasteiger partial charge in [0.2, 0.25) is 0 Å². The summed E-state index contributed by atoms with van der Waals surface area (Å²) in [5.74, 6) is -0.616. The van der Waals surface area contributed by atoms with E-state index < -0.39 is 0 Å². The Kier molecular flexibility index (Phi) is 5.14. The first-order chi connectivity index (χ1) is 12.1. The van der Waals surface area contributed by atoms with Crippen molar-refractivity contribution in [2.45, 2.75) is 6.92 Å². The molecule has 0 aromatic heterocycles. The molecule has 1 nitrogen and oxygen atoms in total. The minimum atomic E-state index is -0.308. The molecular weight excluding hydrogens is 316 g/mol. The maximum absolute atomic E-state index is 13.2. The van der Waals surface area contributed by atoms with Crippen LogP contribution in [0.3, 0.4) is 0 Å². The first-order valence-electron chi connectivity index (χ1n) is 7.95. The minimum Gasteiger partial charge on any atom is -0.256 e. The lowest BCUT2D eigenvalue weighted by Gasteiger charge is -2.06. The highest BCUT2D eigenvalue weighted by molar-refractivity contribution is 6.13. The van der Waals surface area contributed by atoms with Crippen LogP contribution in [0, 0.1) is 18.6 Å². The molecule has 3 aromatic carbocycles. The number of aliphatic imine (C=N–C) groups is 1. The fourth-order valence-electron chi connectivity index (χ4n) is 2.41. The summed E-state index contributed by atoms with van der Waals surface area (Å²) in [5, 5.41) is 0. The van der Waals surface area contributed by atoms with Crippen LogP contribution < -0.4 is 0 Å². The highest BCUT2D eigenvalue weighted by Gasteiger charge is 2.07. The number of hydrogen-bond acceptors (Lipinski definition) is 1. The molecule has 3 rings (SSSR count). The zero-order chi connectivity index (χ0) is 17.6. The lowest BCUT2D eigenvalue weighted by atomic mass is 10.0. The summed E-state index contributed by atoms with van der Waals surface area (Å²) in [7, 11) is 0. The van der Waals surface area contributed by atoms with Gasteiger partial charge in [0.25, 0.3) is 0 Å². The molecule has 0 spiro atoms. The van der Waals surface area contributed by atoms with E-state index >= 15 is 0 Å². The first kappa shape index (κ1) is 16.8. The molecule has 0 saturated carbocycles. The first-order valence-corrected chi connectivity index (χ1v) is 7.95. The summed E-state index contributed by atoms with van der Waals surface area (Å²) >= 11 is 0. The molecule has 0 radical (unpaired) electrons. The van der Waals surface area contributed by atoms with Gasteiger partial charge in [-0.3, -0.25) is 4.99 Å². The van der Waals surface area contributed by atoms with Gasteiger partial charge in [-0.05, 0) is 67.1 Å². The Morgan fingerprint density at radius 2 is 1.20 bits per heavy atom. The normalized spacial score (nSPS) is 10.8. The fourth-order valence-corrected chi connectivity index (χ4v) is 2.41. The topological polar surface area (TPSA) is 12.4 Å². The van der Waals surface area contributed by atoms with Crippen molar-refractivity contribution in [2.75, 3.05) is 0 Å². The number of aryl methyl sites for hydroxylation is 1. The summed E-state index contributed by atoms with van der Waals surface area (Å²) in [4.78, 5) is 4.53. The highest BCUT2D eigenvalue weighted by Crippen LogP contribution is 2.14. The van der Waals surface area contributed by atoms with Crippen LogP contribution in [-0.2, 0) is 0 Å². The van der Waals surface area contributed by atoms with E-state index in [2.05, 4.69) is 4.99 Å². The van der Waals surface area contributed by atoms with Crippen LogP contribution in [0.25, 0.3) is 6.08 Å². The second-order valence-corrected chi connectivity index (χ2v) is 5.72. The predicted octanol–water partition coefficient (Wildman–Crippen LogP) is 5.78. The van der Waals surface area contributed by atoms with Crippen molar-refractivity contribution in [1.82, 2.24) is 0 Å². The Morgan fingerprint density at radius 3 is 1.68 bits per heavy atom. The zero-order valence-corrected chi connectivity index (χ0v) is 13.8. The number of benzene rings is 3. The summed E-state index contributed by atoms with van der Waals surface area (Å²) in [6.45, 7) is 2.03. The maximum atomic E-state index is 13.2. The van der Waals surface area contributed by atoms with Crippen LogP contribution in [0.1, 0.15) is 22.3 Å². The van der Waals surface area contributed by atoms with Crippen LogP contribution in [-0.4, -0.2) is 5.71 Å². The van der Waals surface area contributed by atoms with Crippen molar-refractivity contribution < 1.29 is 8.78 Å². The molecule has 0 amide bonds. The standard InChI is InChI=1S/C22H17F2N/c1-16-2-4-17(5-3-16)14-15-25-22(18-6-10-20(23)11-7-18)19-8-12-21(24)13-9-19/h2-15H,1H3/b15-14-. The van der Waals surface area contributed by atoms with E-state index in [0.29, 0.717) is 5.71 Å². The third-order valence-electron chi connectivity index (χ3n) is 3.78. The van der Waals surface area contributed by atoms with Crippen LogP contribution >= 0.6 is 0 Å². The molecule has 0 N–H and O–H groups in total. The lowest BCUT2D eigenvalue weighted by Crippen LogP contribution is -2.03. The minimum absolute atomic E-state index is 0.308. The van der Waals surface area contributed by atoms with Crippen LogP contribution in [0.15, 0.2) is 84.0 Å². The number of rotatable bonds is 4. The van der Waals surface area contributed by atoms with Gasteiger partial charge < -0.3 is 0 Å². The van der Waals surface area contributed by atoms with Crippen LogP contribution in [0.4, 0.5) is 8.78 Å². The molecule has 124 valence electrons. The Bertz CT molecular complexity index is 843. The van der Waals surface area contributed by atoms with E-state index in [9.17, 15) is 8.78 Å². The average molecular weight is 333 g/mol. The number of halogens is 2. The quantitative estimate of drug-likeness (QED) is 0.537. The van der Waals surface area contributed by atoms with Crippen LogP contribution in [0.2, 0.25) is 0 Å². The molecule has 0 aliphatic rings. The molecule has 0 fully saturated rings. The Labute approximate surface area is 146 Å². The Balaban J connectivity index is 1.96. The fraction of sp³-hybridized carbons (Fsp3) is 0.0455. The van der Waals surface area contributed by atoms with Gasteiger partial charge in [-0.15, -0.1) is 0 Å². The molecule has 0 unspecified atom stereocenters. The maximum Gasteiger partial charge on any atom is 0.123 e. The van der Waals surface area contributed by atoms with Gasteiger partial charge >= 0.3 is 0 Å². The van der Waals surface area contributed by atoms with Gasteiger partial charge in [-0.25, -0.2) is 8.78 Å². The van der Waals surface area contributed by atoms with Crippen molar-refractivity contribution in [2.24, 2.45) is 4.99 Å². The molecule has 25 heavy (non-hydrogen) atoms. The highest BCUT2D eigenvalue weighted by atomic mass is 19.1. The van der Waals surface area contributed by atoms with Gasteiger partial charge in [0.1, 0.15) is 11.6 Å². The van der Waals surface area contributed by atoms with Gasteiger partial charge in [0.05, 0.1) is 5.71 Å². The largest absolute Gasteiger partial charge is 0.256 e. The van der Waals surface area contributed by atoms with Gasteiger partial charge in [0.15, 0.2) is 0 Å². The molecule has 3 aromatic rings. The third-order valence-corrected chi connectivity index (χ3v) is 3.78. The second kappa shape index (κ2) is 7.67. The van der Waals surface area contributed by atoms with Crippen LogP contribution in [0.5, 0.6) is 0 Å². The smallest absolute Gasteiger partial charge is 0.123 e. The average Bonchev–Trinajstić information content (AvgIpc) is 2.62. The molecule has 0 aliphatic heterocycles. The van der Waals surface area contributed by atoms with Crippen molar-refractivity contribution in [1.29, 1.82) is 0 Å². The van der Waals surface area contributed by atoms with E-state index in [4.69, 9.17) is 0 Å². The molecule has 3 heteroatoms. The van der Waals surface area contributed by atoms with Gasteiger partial charge in [-0.2, -0.15) is 0 Å². The summed E-state index contributed by atoms with van der Waals surface area (Å²) < 4.78 is 26.4. The zero-order valence-electron chi connectivity index (χ0n) is 13.8. The summed E-state index contributed by atoms with van der Waals surface area (Å²) in [6, 6.07) is 20.3. The SMILES string of the molecule is Cc1ccc(/C=C\N=C(c2ccc(F)cc2)c2ccc(F)cc2)cc1. The van der Waals surface area contributed by atoms with Crippen molar-refractivity contribution >= 4 is 11.8 Å². The van der Waals surface area contributed by atoms with Crippen molar-refractivity contribution in [3.63, 3.8) is 0 Å². The third kappa shape index (κ3) is 4.48. The number of hydrogen-bond donors (Lipinski definition) is 0. The van der Waals surface area contributed by atoms with Gasteiger partial charge in [-0.1, -0.05) is 29.8 Å². The van der Waals surface area contributed by atoms with E-state index in [-0.39, 0.29) is 11.6 Å². The number of nitrogens with zero attached hydrogens (tertiary/aromatic N) is 1. The summed E-state index contributed by atoms with van der Waals surface area (Å²) in [6.07, 6.45) is 3.60. The van der Waals surface area contributed by atoms with E-state index in [1.165, 1.54) is 29.8 Å². The van der Waals surface area contributed by atoms with E-state index in [1.54, 1.807) is 30.5 Å². The van der Waals surface area contributed by atoms with E-state index in [0.717, 1.165) is 16.7 Å². The summed E-state index contributed by atoms with van der Waals surface area (Å²) in [5.41, 5.74) is 4.41. The molecule has 0 aliphatic carbocycles. The predicted molar refractivity (Wildman–Crippen MR) is 98.7 cm³/mol. The Morgan fingerprint density at radius 1 is 0.720 bits per heavy atom. The molecule has 0 heterocycles.